The second kappa shape index (κ2) is 3.51. The summed E-state index contributed by atoms with van der Waals surface area (Å²) in [6, 6.07) is 5.83. The third-order valence-electron chi connectivity index (χ3n) is 2.66. The van der Waals surface area contributed by atoms with Crippen LogP contribution in [0.2, 0.25) is 5.02 Å². The Labute approximate surface area is 82.7 Å². The van der Waals surface area contributed by atoms with Gasteiger partial charge in [0, 0.05) is 10.9 Å². The largest absolute Gasteiger partial charge is 0.303 e. The van der Waals surface area contributed by atoms with Gasteiger partial charge >= 0.3 is 0 Å². The van der Waals surface area contributed by atoms with Crippen LogP contribution in [0.4, 0.5) is 0 Å². The van der Waals surface area contributed by atoms with E-state index in [1.54, 1.807) is 0 Å². The van der Waals surface area contributed by atoms with Crippen LogP contribution in [0.15, 0.2) is 18.2 Å². The number of rotatable bonds is 1. The first-order chi connectivity index (χ1) is 6.33. The molecule has 1 atom stereocenters. The van der Waals surface area contributed by atoms with Crippen LogP contribution in [0.25, 0.3) is 0 Å². The highest BCUT2D eigenvalue weighted by molar-refractivity contribution is 6.31. The average Bonchev–Trinajstić information content (AvgIpc) is 2.18. The van der Waals surface area contributed by atoms with Crippen molar-refractivity contribution >= 4 is 17.9 Å². The molecule has 2 heteroatoms. The number of benzene rings is 1. The SMILES string of the molecule is O=CC1CCCc2c(Cl)cccc21. The van der Waals surface area contributed by atoms with Gasteiger partial charge in [0.25, 0.3) is 0 Å². The van der Waals surface area contributed by atoms with Crippen LogP contribution in [0.1, 0.15) is 29.9 Å². The topological polar surface area (TPSA) is 17.1 Å². The molecule has 0 saturated heterocycles. The maximum Gasteiger partial charge on any atom is 0.127 e. The molecule has 2 rings (SSSR count). The van der Waals surface area contributed by atoms with E-state index < -0.39 is 0 Å². The third-order valence-corrected chi connectivity index (χ3v) is 3.01. The number of fused-ring (bicyclic) bond motifs is 1. The molecule has 0 bridgehead atoms. The molecule has 0 N–H and O–H groups in total. The van der Waals surface area contributed by atoms with Gasteiger partial charge in [-0.05, 0) is 36.5 Å². The Morgan fingerprint density at radius 3 is 3.08 bits per heavy atom. The van der Waals surface area contributed by atoms with E-state index in [0.29, 0.717) is 0 Å². The van der Waals surface area contributed by atoms with E-state index >= 15 is 0 Å². The molecule has 1 aliphatic rings. The highest BCUT2D eigenvalue weighted by Gasteiger charge is 2.20. The van der Waals surface area contributed by atoms with Gasteiger partial charge in [0.15, 0.2) is 0 Å². The van der Waals surface area contributed by atoms with E-state index in [9.17, 15) is 4.79 Å². The van der Waals surface area contributed by atoms with Gasteiger partial charge in [0.1, 0.15) is 6.29 Å². The molecule has 0 radical (unpaired) electrons. The van der Waals surface area contributed by atoms with Crippen molar-refractivity contribution in [3.63, 3.8) is 0 Å². The lowest BCUT2D eigenvalue weighted by Crippen LogP contribution is -2.10. The molecule has 0 spiro atoms. The molecule has 1 aromatic rings. The van der Waals surface area contributed by atoms with Gasteiger partial charge in [0.05, 0.1) is 0 Å². The van der Waals surface area contributed by atoms with Gasteiger partial charge in [-0.2, -0.15) is 0 Å². The van der Waals surface area contributed by atoms with Crippen molar-refractivity contribution in [1.29, 1.82) is 0 Å². The van der Waals surface area contributed by atoms with E-state index in [2.05, 4.69) is 0 Å². The summed E-state index contributed by atoms with van der Waals surface area (Å²) >= 11 is 6.05. The zero-order chi connectivity index (χ0) is 9.26. The maximum atomic E-state index is 10.8. The molecular formula is C11H11ClO. The first kappa shape index (κ1) is 8.76. The number of hydrogen-bond donors (Lipinski definition) is 0. The minimum absolute atomic E-state index is 0.0717. The number of hydrogen-bond acceptors (Lipinski definition) is 1. The molecule has 0 heterocycles. The van der Waals surface area contributed by atoms with Crippen LogP contribution in [-0.4, -0.2) is 6.29 Å². The molecule has 0 fully saturated rings. The van der Waals surface area contributed by atoms with Crippen LogP contribution >= 0.6 is 11.6 Å². The van der Waals surface area contributed by atoms with E-state index in [-0.39, 0.29) is 5.92 Å². The molecule has 1 unspecified atom stereocenters. The maximum absolute atomic E-state index is 10.8. The van der Waals surface area contributed by atoms with Gasteiger partial charge in [0.2, 0.25) is 0 Å². The summed E-state index contributed by atoms with van der Waals surface area (Å²) in [6.07, 6.45) is 4.09. The molecule has 68 valence electrons. The van der Waals surface area contributed by atoms with Crippen LogP contribution < -0.4 is 0 Å². The fourth-order valence-corrected chi connectivity index (χ4v) is 2.26. The Morgan fingerprint density at radius 2 is 2.31 bits per heavy atom. The Morgan fingerprint density at radius 1 is 1.46 bits per heavy atom. The van der Waals surface area contributed by atoms with E-state index in [1.165, 1.54) is 5.56 Å². The fraction of sp³-hybridized carbons (Fsp3) is 0.364. The predicted octanol–water partition coefficient (Wildman–Crippen LogP) is 2.96. The summed E-state index contributed by atoms with van der Waals surface area (Å²) in [5.41, 5.74) is 2.31. The molecular weight excluding hydrogens is 184 g/mol. The highest BCUT2D eigenvalue weighted by Crippen LogP contribution is 2.33. The zero-order valence-electron chi connectivity index (χ0n) is 7.29. The van der Waals surface area contributed by atoms with Crippen LogP contribution in [-0.2, 0) is 11.2 Å². The second-order valence-corrected chi connectivity index (χ2v) is 3.85. The Hall–Kier alpha value is -0.820. The Kier molecular flexibility index (Phi) is 2.36. The summed E-state index contributed by atoms with van der Waals surface area (Å²) in [4.78, 5) is 10.8. The summed E-state index contributed by atoms with van der Waals surface area (Å²) in [5, 5.41) is 0.809. The molecule has 0 amide bonds. The second-order valence-electron chi connectivity index (χ2n) is 3.44. The van der Waals surface area contributed by atoms with Gasteiger partial charge in [-0.1, -0.05) is 23.7 Å². The van der Waals surface area contributed by atoms with Crippen molar-refractivity contribution in [3.05, 3.63) is 34.3 Å². The average molecular weight is 195 g/mol. The van der Waals surface area contributed by atoms with Crippen molar-refractivity contribution in [2.75, 3.05) is 0 Å². The number of carbonyl (C=O) groups is 1. The smallest absolute Gasteiger partial charge is 0.127 e. The van der Waals surface area contributed by atoms with Crippen molar-refractivity contribution in [1.82, 2.24) is 0 Å². The minimum Gasteiger partial charge on any atom is -0.303 e. The number of halogens is 1. The van der Waals surface area contributed by atoms with Crippen molar-refractivity contribution in [3.8, 4) is 0 Å². The first-order valence-electron chi connectivity index (χ1n) is 4.55. The van der Waals surface area contributed by atoms with Gasteiger partial charge in [-0.25, -0.2) is 0 Å². The van der Waals surface area contributed by atoms with Crippen LogP contribution in [0.3, 0.4) is 0 Å². The third kappa shape index (κ3) is 1.49. The lowest BCUT2D eigenvalue weighted by atomic mass is 9.84. The minimum atomic E-state index is 0.0717. The summed E-state index contributed by atoms with van der Waals surface area (Å²) in [7, 11) is 0. The van der Waals surface area contributed by atoms with E-state index in [0.717, 1.165) is 36.1 Å². The normalized spacial score (nSPS) is 20.8. The molecule has 0 aliphatic heterocycles. The van der Waals surface area contributed by atoms with Gasteiger partial charge in [-0.15, -0.1) is 0 Å². The summed E-state index contributed by atoms with van der Waals surface area (Å²) in [6.45, 7) is 0. The molecule has 1 aliphatic carbocycles. The van der Waals surface area contributed by atoms with Crippen molar-refractivity contribution in [2.45, 2.75) is 25.2 Å². The quantitative estimate of drug-likeness (QED) is 0.629. The molecule has 0 saturated carbocycles. The van der Waals surface area contributed by atoms with Crippen molar-refractivity contribution < 1.29 is 4.79 Å². The lowest BCUT2D eigenvalue weighted by Gasteiger charge is -2.21. The van der Waals surface area contributed by atoms with E-state index in [4.69, 9.17) is 11.6 Å². The molecule has 0 aromatic heterocycles. The molecule has 13 heavy (non-hydrogen) atoms. The zero-order valence-corrected chi connectivity index (χ0v) is 8.05. The van der Waals surface area contributed by atoms with Gasteiger partial charge < -0.3 is 4.79 Å². The fourth-order valence-electron chi connectivity index (χ4n) is 1.98. The first-order valence-corrected chi connectivity index (χ1v) is 4.93. The molecule has 1 nitrogen and oxygen atoms in total. The monoisotopic (exact) mass is 194 g/mol. The Balaban J connectivity index is 2.51. The Bertz CT molecular complexity index is 333. The molecule has 1 aromatic carbocycles. The standard InChI is InChI=1S/C11H11ClO/c12-11-6-2-4-9-8(7-13)3-1-5-10(9)11/h2,4,6-8H,1,3,5H2. The van der Waals surface area contributed by atoms with Crippen LogP contribution in [0, 0.1) is 0 Å². The van der Waals surface area contributed by atoms with Gasteiger partial charge in [-0.3, -0.25) is 0 Å². The van der Waals surface area contributed by atoms with Crippen molar-refractivity contribution in [2.24, 2.45) is 0 Å². The lowest BCUT2D eigenvalue weighted by molar-refractivity contribution is -0.109. The highest BCUT2D eigenvalue weighted by atomic mass is 35.5. The number of carbonyl (C=O) groups excluding carboxylic acids is 1. The summed E-state index contributed by atoms with van der Waals surface area (Å²) < 4.78 is 0. The van der Waals surface area contributed by atoms with Crippen LogP contribution in [0.5, 0.6) is 0 Å². The number of aldehydes is 1. The van der Waals surface area contributed by atoms with E-state index in [1.807, 2.05) is 18.2 Å². The summed E-state index contributed by atoms with van der Waals surface area (Å²) in [5.74, 6) is 0.0717. The predicted molar refractivity (Wildman–Crippen MR) is 53.2 cm³/mol.